The molecule has 6 nitrogen and oxygen atoms in total. The van der Waals surface area contributed by atoms with E-state index in [0.717, 1.165) is 11.1 Å². The second-order valence-corrected chi connectivity index (χ2v) is 5.51. The molecular formula is C16H16N2O4. The number of aliphatic carboxylic acids is 1. The smallest absolute Gasteiger partial charge is 0.306 e. The first-order chi connectivity index (χ1) is 10.6. The molecule has 2 aromatic rings. The number of anilines is 1. The lowest BCUT2D eigenvalue weighted by molar-refractivity contribution is -0.383. The zero-order valence-electron chi connectivity index (χ0n) is 11.9. The van der Waals surface area contributed by atoms with E-state index in [0.29, 0.717) is 31.3 Å². The Labute approximate surface area is 127 Å². The lowest BCUT2D eigenvalue weighted by Gasteiger charge is -2.32. The molecule has 0 unspecified atom stereocenters. The van der Waals surface area contributed by atoms with Gasteiger partial charge in [-0.3, -0.25) is 14.9 Å². The second kappa shape index (κ2) is 5.63. The highest BCUT2D eigenvalue weighted by Crippen LogP contribution is 2.35. The van der Waals surface area contributed by atoms with Crippen molar-refractivity contribution in [1.82, 2.24) is 0 Å². The van der Waals surface area contributed by atoms with Crippen LogP contribution in [0, 0.1) is 16.0 Å². The van der Waals surface area contributed by atoms with Crippen LogP contribution in [0.2, 0.25) is 0 Å². The number of nitrogens with zero attached hydrogens (tertiary/aromatic N) is 2. The van der Waals surface area contributed by atoms with Crippen molar-refractivity contribution in [2.75, 3.05) is 18.0 Å². The molecule has 2 aromatic carbocycles. The van der Waals surface area contributed by atoms with Gasteiger partial charge in [-0.25, -0.2) is 0 Å². The van der Waals surface area contributed by atoms with Crippen LogP contribution in [0.5, 0.6) is 0 Å². The summed E-state index contributed by atoms with van der Waals surface area (Å²) in [6, 6.07) is 10.6. The Hall–Kier alpha value is -2.63. The Morgan fingerprint density at radius 3 is 2.36 bits per heavy atom. The van der Waals surface area contributed by atoms with E-state index in [1.165, 1.54) is 6.07 Å². The standard InChI is InChI=1S/C16H16N2O4/c19-16(20)11-7-9-17(10-8-11)14-5-6-15(18(21)22)13-4-2-1-3-12(13)14/h1-6,11H,7-10H2,(H,19,20). The number of hydrogen-bond donors (Lipinski definition) is 1. The molecule has 0 spiro atoms. The molecule has 114 valence electrons. The summed E-state index contributed by atoms with van der Waals surface area (Å²) in [5.41, 5.74) is 1.03. The van der Waals surface area contributed by atoms with E-state index in [1.54, 1.807) is 18.2 Å². The molecule has 1 aliphatic rings. The van der Waals surface area contributed by atoms with E-state index in [9.17, 15) is 14.9 Å². The Morgan fingerprint density at radius 1 is 1.14 bits per heavy atom. The predicted molar refractivity (Wildman–Crippen MR) is 83.2 cm³/mol. The topological polar surface area (TPSA) is 83.7 Å². The minimum Gasteiger partial charge on any atom is -0.481 e. The molecule has 1 heterocycles. The van der Waals surface area contributed by atoms with Crippen molar-refractivity contribution in [2.24, 2.45) is 5.92 Å². The van der Waals surface area contributed by atoms with Gasteiger partial charge in [0.15, 0.2) is 0 Å². The third kappa shape index (κ3) is 2.47. The molecule has 22 heavy (non-hydrogen) atoms. The van der Waals surface area contributed by atoms with E-state index in [2.05, 4.69) is 4.90 Å². The van der Waals surface area contributed by atoms with Gasteiger partial charge in [0.1, 0.15) is 0 Å². The summed E-state index contributed by atoms with van der Waals surface area (Å²) in [6.07, 6.45) is 1.20. The van der Waals surface area contributed by atoms with Crippen LogP contribution in [-0.4, -0.2) is 29.1 Å². The molecule has 1 N–H and O–H groups in total. The van der Waals surface area contributed by atoms with Gasteiger partial charge in [-0.05, 0) is 25.0 Å². The molecule has 0 radical (unpaired) electrons. The van der Waals surface area contributed by atoms with E-state index in [1.807, 2.05) is 12.1 Å². The molecular weight excluding hydrogens is 284 g/mol. The normalized spacial score (nSPS) is 15.9. The monoisotopic (exact) mass is 300 g/mol. The van der Waals surface area contributed by atoms with Crippen molar-refractivity contribution in [1.29, 1.82) is 0 Å². The summed E-state index contributed by atoms with van der Waals surface area (Å²) in [5.74, 6) is -1.03. The summed E-state index contributed by atoms with van der Waals surface area (Å²) < 4.78 is 0. The molecule has 0 saturated carbocycles. The Bertz CT molecular complexity index is 736. The number of fused-ring (bicyclic) bond motifs is 1. The van der Waals surface area contributed by atoms with Crippen LogP contribution in [0.25, 0.3) is 10.8 Å². The maximum Gasteiger partial charge on any atom is 0.306 e. The van der Waals surface area contributed by atoms with Crippen LogP contribution in [0.4, 0.5) is 11.4 Å². The SMILES string of the molecule is O=C(O)C1CCN(c2ccc([N+](=O)[O-])c3ccccc23)CC1. The number of carboxylic acids is 1. The Kier molecular flexibility index (Phi) is 3.66. The number of non-ortho nitro benzene ring substituents is 1. The second-order valence-electron chi connectivity index (χ2n) is 5.51. The molecule has 1 fully saturated rings. The van der Waals surface area contributed by atoms with Gasteiger partial charge >= 0.3 is 5.97 Å². The lowest BCUT2D eigenvalue weighted by atomic mass is 9.96. The number of benzene rings is 2. The van der Waals surface area contributed by atoms with Crippen molar-refractivity contribution in [3.05, 3.63) is 46.5 Å². The predicted octanol–water partition coefficient (Wildman–Crippen LogP) is 3.05. The molecule has 6 heteroatoms. The van der Waals surface area contributed by atoms with Crippen LogP contribution in [-0.2, 0) is 4.79 Å². The highest BCUT2D eigenvalue weighted by molar-refractivity contribution is 6.00. The minimum atomic E-state index is -0.742. The van der Waals surface area contributed by atoms with Gasteiger partial charge < -0.3 is 10.0 Å². The Balaban J connectivity index is 1.97. The molecule has 0 bridgehead atoms. The van der Waals surface area contributed by atoms with Gasteiger partial charge in [-0.2, -0.15) is 0 Å². The average Bonchev–Trinajstić information content (AvgIpc) is 2.53. The first-order valence-corrected chi connectivity index (χ1v) is 7.22. The molecule has 0 aliphatic carbocycles. The average molecular weight is 300 g/mol. The molecule has 0 amide bonds. The molecule has 1 saturated heterocycles. The van der Waals surface area contributed by atoms with Crippen molar-refractivity contribution in [3.8, 4) is 0 Å². The fraction of sp³-hybridized carbons (Fsp3) is 0.312. The number of nitro benzene ring substituents is 1. The van der Waals surface area contributed by atoms with E-state index in [-0.39, 0.29) is 16.5 Å². The first kappa shape index (κ1) is 14.3. The summed E-state index contributed by atoms with van der Waals surface area (Å²) in [5, 5.41) is 21.7. The number of rotatable bonds is 3. The summed E-state index contributed by atoms with van der Waals surface area (Å²) >= 11 is 0. The first-order valence-electron chi connectivity index (χ1n) is 7.22. The van der Waals surface area contributed by atoms with Gasteiger partial charge in [0.25, 0.3) is 5.69 Å². The number of carbonyl (C=O) groups is 1. The Morgan fingerprint density at radius 2 is 1.77 bits per heavy atom. The maximum absolute atomic E-state index is 11.1. The van der Waals surface area contributed by atoms with Gasteiger partial charge in [-0.15, -0.1) is 0 Å². The van der Waals surface area contributed by atoms with Gasteiger partial charge in [0.2, 0.25) is 0 Å². The quantitative estimate of drug-likeness (QED) is 0.695. The molecule has 3 rings (SSSR count). The van der Waals surface area contributed by atoms with E-state index in [4.69, 9.17) is 5.11 Å². The summed E-state index contributed by atoms with van der Waals surface area (Å²) in [6.45, 7) is 1.30. The molecule has 0 aromatic heterocycles. The van der Waals surface area contributed by atoms with Crippen LogP contribution in [0.1, 0.15) is 12.8 Å². The van der Waals surface area contributed by atoms with E-state index >= 15 is 0 Å². The number of piperidine rings is 1. The number of carboxylic acid groups (broad SMARTS) is 1. The largest absolute Gasteiger partial charge is 0.481 e. The van der Waals surface area contributed by atoms with Crippen molar-refractivity contribution in [2.45, 2.75) is 12.8 Å². The molecule has 1 aliphatic heterocycles. The number of nitro groups is 1. The van der Waals surface area contributed by atoms with Crippen LogP contribution >= 0.6 is 0 Å². The zero-order chi connectivity index (χ0) is 15.7. The third-order valence-electron chi connectivity index (χ3n) is 4.26. The maximum atomic E-state index is 11.1. The fourth-order valence-corrected chi connectivity index (χ4v) is 3.07. The van der Waals surface area contributed by atoms with Gasteiger partial charge in [-0.1, -0.05) is 18.2 Å². The van der Waals surface area contributed by atoms with E-state index < -0.39 is 5.97 Å². The number of hydrogen-bond acceptors (Lipinski definition) is 4. The third-order valence-corrected chi connectivity index (χ3v) is 4.26. The van der Waals surface area contributed by atoms with Crippen LogP contribution < -0.4 is 4.90 Å². The van der Waals surface area contributed by atoms with Crippen molar-refractivity contribution in [3.63, 3.8) is 0 Å². The van der Waals surface area contributed by atoms with Crippen molar-refractivity contribution >= 4 is 28.1 Å². The van der Waals surface area contributed by atoms with Gasteiger partial charge in [0.05, 0.1) is 16.2 Å². The van der Waals surface area contributed by atoms with Gasteiger partial charge in [0, 0.05) is 30.2 Å². The summed E-state index contributed by atoms with van der Waals surface area (Å²) in [4.78, 5) is 23.9. The molecule has 0 atom stereocenters. The minimum absolute atomic E-state index is 0.0970. The summed E-state index contributed by atoms with van der Waals surface area (Å²) in [7, 11) is 0. The van der Waals surface area contributed by atoms with Crippen LogP contribution in [0.15, 0.2) is 36.4 Å². The highest BCUT2D eigenvalue weighted by atomic mass is 16.6. The highest BCUT2D eigenvalue weighted by Gasteiger charge is 2.26. The van der Waals surface area contributed by atoms with Crippen LogP contribution in [0.3, 0.4) is 0 Å². The lowest BCUT2D eigenvalue weighted by Crippen LogP contribution is -2.36. The zero-order valence-corrected chi connectivity index (χ0v) is 11.9. The fourth-order valence-electron chi connectivity index (χ4n) is 3.07. The van der Waals surface area contributed by atoms with Crippen molar-refractivity contribution < 1.29 is 14.8 Å².